The summed E-state index contributed by atoms with van der Waals surface area (Å²) in [5.41, 5.74) is 1.04. The second-order valence-electron chi connectivity index (χ2n) is 19.1. The zero-order valence-electron chi connectivity index (χ0n) is 33.0. The summed E-state index contributed by atoms with van der Waals surface area (Å²) >= 11 is 0. The van der Waals surface area contributed by atoms with Gasteiger partial charge < -0.3 is 17.7 Å². The number of rotatable bonds is 10. The molecule has 0 saturated heterocycles. The summed E-state index contributed by atoms with van der Waals surface area (Å²) in [6.45, 7) is 44.4. The lowest BCUT2D eigenvalue weighted by atomic mass is 10.0. The zero-order chi connectivity index (χ0) is 36.1. The van der Waals surface area contributed by atoms with Gasteiger partial charge in [-0.05, 0) is 96.8 Å². The van der Waals surface area contributed by atoms with Gasteiger partial charge in [0.2, 0.25) is 16.6 Å². The minimum absolute atomic E-state index is 0.0339. The SMILES string of the molecule is CC(C)(C)[Si](C)(C)Oc1ccc(C(=O)c2ccc(O[Si](C)(C)C(C)(C)C)cc2O[Si](C)(C)C(C)(C)C)c(O[Si](C)(C)C(C)(C)C)c1. The van der Waals surface area contributed by atoms with E-state index in [1.54, 1.807) is 0 Å². The van der Waals surface area contributed by atoms with Gasteiger partial charge in [0.1, 0.15) is 23.0 Å². The number of hydrogen-bond donors (Lipinski definition) is 0. The molecule has 0 atom stereocenters. The molecule has 0 heterocycles. The van der Waals surface area contributed by atoms with Gasteiger partial charge in [0.05, 0.1) is 11.1 Å². The fourth-order valence-corrected chi connectivity index (χ4v) is 7.67. The molecule has 0 radical (unpaired) electrons. The molecule has 46 heavy (non-hydrogen) atoms. The van der Waals surface area contributed by atoms with Crippen LogP contribution in [0.5, 0.6) is 23.0 Å². The number of ketones is 1. The van der Waals surface area contributed by atoms with Crippen LogP contribution < -0.4 is 17.7 Å². The third-order valence-corrected chi connectivity index (χ3v) is 28.5. The molecule has 0 bridgehead atoms. The highest BCUT2D eigenvalue weighted by molar-refractivity contribution is 6.76. The molecule has 0 aromatic heterocycles. The first kappa shape index (κ1) is 40.4. The second-order valence-corrected chi connectivity index (χ2v) is 38.0. The molecule has 260 valence electrons. The van der Waals surface area contributed by atoms with Gasteiger partial charge in [0.15, 0.2) is 5.78 Å². The minimum atomic E-state index is -2.31. The molecule has 0 spiro atoms. The van der Waals surface area contributed by atoms with Gasteiger partial charge in [-0.1, -0.05) is 83.1 Å². The Labute approximate surface area is 286 Å². The van der Waals surface area contributed by atoms with Crippen LogP contribution in [0.25, 0.3) is 0 Å². The van der Waals surface area contributed by atoms with Gasteiger partial charge >= 0.3 is 0 Å². The van der Waals surface area contributed by atoms with E-state index in [-0.39, 0.29) is 25.9 Å². The number of carbonyl (C=O) groups is 1. The maximum Gasteiger partial charge on any atom is 0.250 e. The summed E-state index contributed by atoms with van der Waals surface area (Å²) in [5.74, 6) is 2.51. The average Bonchev–Trinajstić information content (AvgIpc) is 2.80. The Morgan fingerprint density at radius 2 is 0.674 bits per heavy atom. The van der Waals surface area contributed by atoms with Crippen molar-refractivity contribution in [3.63, 3.8) is 0 Å². The van der Waals surface area contributed by atoms with Crippen LogP contribution >= 0.6 is 0 Å². The minimum Gasteiger partial charge on any atom is -0.543 e. The van der Waals surface area contributed by atoms with Gasteiger partial charge in [-0.2, -0.15) is 0 Å². The highest BCUT2D eigenvalue weighted by Gasteiger charge is 2.43. The predicted molar refractivity (Wildman–Crippen MR) is 208 cm³/mol. The average molecular weight is 703 g/mol. The molecule has 0 unspecified atom stereocenters. The van der Waals surface area contributed by atoms with E-state index in [0.717, 1.165) is 11.5 Å². The van der Waals surface area contributed by atoms with E-state index in [0.29, 0.717) is 22.6 Å². The van der Waals surface area contributed by atoms with E-state index in [1.165, 1.54) is 0 Å². The normalized spacial score (nSPS) is 14.2. The summed E-state index contributed by atoms with van der Waals surface area (Å²) in [5, 5.41) is -0.0375. The summed E-state index contributed by atoms with van der Waals surface area (Å²) < 4.78 is 27.2. The Balaban J connectivity index is 2.80. The van der Waals surface area contributed by atoms with Crippen molar-refractivity contribution in [2.24, 2.45) is 0 Å². The summed E-state index contributed by atoms with van der Waals surface area (Å²) in [6, 6.07) is 11.5. The molecule has 0 aliphatic carbocycles. The van der Waals surface area contributed by atoms with Gasteiger partial charge in [0.25, 0.3) is 16.6 Å². The topological polar surface area (TPSA) is 54.0 Å². The van der Waals surface area contributed by atoms with Gasteiger partial charge in [-0.25, -0.2) is 0 Å². The zero-order valence-corrected chi connectivity index (χ0v) is 37.0. The van der Waals surface area contributed by atoms with Crippen LogP contribution in [0.1, 0.15) is 99.0 Å². The summed E-state index contributed by atoms with van der Waals surface area (Å²) in [6.07, 6.45) is 0. The number of benzene rings is 2. The smallest absolute Gasteiger partial charge is 0.250 e. The maximum atomic E-state index is 14.7. The van der Waals surface area contributed by atoms with Crippen LogP contribution in [0.4, 0.5) is 0 Å². The molecule has 0 amide bonds. The highest BCUT2D eigenvalue weighted by Crippen LogP contribution is 2.45. The molecular formula is C37H66O5Si4. The van der Waals surface area contributed by atoms with E-state index in [4.69, 9.17) is 17.7 Å². The molecular weight excluding hydrogens is 637 g/mol. The van der Waals surface area contributed by atoms with Gasteiger partial charge in [-0.15, -0.1) is 0 Å². The highest BCUT2D eigenvalue weighted by atomic mass is 28.4. The van der Waals surface area contributed by atoms with Crippen molar-refractivity contribution in [2.45, 2.75) is 156 Å². The molecule has 2 rings (SSSR count). The molecule has 2 aromatic rings. The van der Waals surface area contributed by atoms with Gasteiger partial charge in [0, 0.05) is 12.1 Å². The Morgan fingerprint density at radius 3 is 0.913 bits per heavy atom. The van der Waals surface area contributed by atoms with Gasteiger partial charge in [-0.3, -0.25) is 4.79 Å². The van der Waals surface area contributed by atoms with Crippen molar-refractivity contribution in [3.8, 4) is 23.0 Å². The Morgan fingerprint density at radius 1 is 0.435 bits per heavy atom. The van der Waals surface area contributed by atoms with Crippen LogP contribution in [-0.4, -0.2) is 39.1 Å². The number of hydrogen-bond acceptors (Lipinski definition) is 5. The van der Waals surface area contributed by atoms with Crippen LogP contribution in [0.2, 0.25) is 72.5 Å². The molecule has 5 nitrogen and oxygen atoms in total. The summed E-state index contributed by atoms with van der Waals surface area (Å²) in [7, 11) is -8.86. The molecule has 2 aromatic carbocycles. The van der Waals surface area contributed by atoms with E-state index in [9.17, 15) is 4.79 Å². The molecule has 0 aliphatic heterocycles. The summed E-state index contributed by atoms with van der Waals surface area (Å²) in [4.78, 5) is 14.7. The molecule has 0 saturated carbocycles. The fourth-order valence-electron chi connectivity index (χ4n) is 3.57. The van der Waals surface area contributed by atoms with E-state index in [2.05, 4.69) is 135 Å². The van der Waals surface area contributed by atoms with Crippen molar-refractivity contribution in [3.05, 3.63) is 47.5 Å². The maximum absolute atomic E-state index is 14.7. The van der Waals surface area contributed by atoms with Crippen molar-refractivity contribution < 1.29 is 22.5 Å². The van der Waals surface area contributed by atoms with Crippen LogP contribution in [-0.2, 0) is 0 Å². The standard InChI is InChI=1S/C37H66O5Si4/c1-34(2,3)43(13,14)39-27-21-23-29(31(25-27)41-45(17,18)36(7,8)9)33(38)30-24-22-28(40-44(15,16)35(4,5)6)26-32(30)42-46(19,20)37(10,11)12/h21-26H,1-20H3. The molecule has 0 fully saturated rings. The molecule has 9 heteroatoms. The lowest BCUT2D eigenvalue weighted by Crippen LogP contribution is -2.45. The quantitative estimate of drug-likeness (QED) is 0.182. The number of carbonyl (C=O) groups excluding carboxylic acids is 1. The van der Waals surface area contributed by atoms with E-state index in [1.807, 2.05) is 36.4 Å². The molecule has 0 aliphatic rings. The van der Waals surface area contributed by atoms with Crippen molar-refractivity contribution in [2.75, 3.05) is 0 Å². The van der Waals surface area contributed by atoms with Crippen molar-refractivity contribution in [1.82, 2.24) is 0 Å². The van der Waals surface area contributed by atoms with Crippen molar-refractivity contribution in [1.29, 1.82) is 0 Å². The first-order valence-corrected chi connectivity index (χ1v) is 28.4. The predicted octanol–water partition coefficient (Wildman–Crippen LogP) is 12.5. The fraction of sp³-hybridized carbons (Fsp3) is 0.649. The Bertz CT molecular complexity index is 1290. The van der Waals surface area contributed by atoms with Crippen LogP contribution in [0, 0.1) is 0 Å². The van der Waals surface area contributed by atoms with E-state index >= 15 is 0 Å². The Kier molecular flexibility index (Phi) is 11.3. The first-order valence-electron chi connectivity index (χ1n) is 16.8. The monoisotopic (exact) mass is 702 g/mol. The van der Waals surface area contributed by atoms with Crippen LogP contribution in [0.3, 0.4) is 0 Å². The Hall–Kier alpha value is -1.82. The second kappa shape index (κ2) is 12.9. The first-order chi connectivity index (χ1) is 20.2. The third kappa shape index (κ3) is 9.20. The lowest BCUT2D eigenvalue weighted by molar-refractivity contribution is 0.103. The van der Waals surface area contributed by atoms with Crippen molar-refractivity contribution >= 4 is 39.1 Å². The largest absolute Gasteiger partial charge is 0.543 e. The van der Waals surface area contributed by atoms with E-state index < -0.39 is 33.3 Å². The van der Waals surface area contributed by atoms with Crippen LogP contribution in [0.15, 0.2) is 36.4 Å². The third-order valence-electron chi connectivity index (χ3n) is 11.1. The lowest BCUT2D eigenvalue weighted by Gasteiger charge is -2.39. The molecule has 0 N–H and O–H groups in total.